The van der Waals surface area contributed by atoms with Gasteiger partial charge in [0.05, 0.1) is 18.1 Å². The van der Waals surface area contributed by atoms with Gasteiger partial charge in [-0.05, 0) is 24.3 Å². The maximum atomic E-state index is 5.21. The number of fused-ring (bicyclic) bond motifs is 3. The van der Waals surface area contributed by atoms with Crippen molar-refractivity contribution in [3.63, 3.8) is 0 Å². The molecule has 0 aliphatic rings. The molecule has 0 amide bonds. The highest BCUT2D eigenvalue weighted by atomic mass is 16.5. The number of anilines is 2. The highest BCUT2D eigenvalue weighted by Crippen LogP contribution is 2.21. The van der Waals surface area contributed by atoms with Gasteiger partial charge in [-0.2, -0.15) is 4.98 Å². The molecule has 0 aliphatic heterocycles. The number of methoxy groups -OCH3 is 1. The molecule has 0 spiro atoms. The van der Waals surface area contributed by atoms with Crippen molar-refractivity contribution in [1.82, 2.24) is 19.6 Å². The van der Waals surface area contributed by atoms with Crippen molar-refractivity contribution < 1.29 is 4.74 Å². The van der Waals surface area contributed by atoms with Crippen LogP contribution in [0.4, 0.5) is 11.6 Å². The number of H-pyrrole nitrogens is 1. The summed E-state index contributed by atoms with van der Waals surface area (Å²) in [5.74, 6) is 2.07. The number of aromatic nitrogens is 4. The fraction of sp³-hybridized carbons (Fsp3) is 0.0667. The first-order valence-corrected chi connectivity index (χ1v) is 6.58. The number of nitrogens with zero attached hydrogens (tertiary/aromatic N) is 3. The van der Waals surface area contributed by atoms with E-state index in [0.29, 0.717) is 11.7 Å². The molecule has 0 fully saturated rings. The van der Waals surface area contributed by atoms with Gasteiger partial charge in [0.15, 0.2) is 0 Å². The lowest BCUT2D eigenvalue weighted by Gasteiger charge is -2.04. The summed E-state index contributed by atoms with van der Waals surface area (Å²) in [6, 6.07) is 15.6. The summed E-state index contributed by atoms with van der Waals surface area (Å²) in [5.41, 5.74) is 2.82. The van der Waals surface area contributed by atoms with Crippen LogP contribution < -0.4 is 10.1 Å². The van der Waals surface area contributed by atoms with Crippen molar-refractivity contribution >= 4 is 28.4 Å². The standard InChI is InChI=1S/C15H13N5O/c1-21-11-6-4-5-10(9-11)16-14-18-15-17-12-7-2-3-8-13(12)20(15)19-14/h2-9H,1H3,(H2,16,17,18,19). The molecule has 0 unspecified atom stereocenters. The second-order valence-corrected chi connectivity index (χ2v) is 4.67. The van der Waals surface area contributed by atoms with E-state index in [1.807, 2.05) is 53.0 Å². The number of ether oxygens (including phenoxy) is 1. The molecule has 2 aromatic heterocycles. The Hall–Kier alpha value is -3.02. The van der Waals surface area contributed by atoms with Crippen molar-refractivity contribution in [3.8, 4) is 5.75 Å². The molecule has 6 nitrogen and oxygen atoms in total. The van der Waals surface area contributed by atoms with Gasteiger partial charge in [-0.3, -0.25) is 5.10 Å². The Bertz CT molecular complexity index is 924. The van der Waals surface area contributed by atoms with E-state index in [9.17, 15) is 0 Å². The third kappa shape index (κ3) is 1.97. The quantitative estimate of drug-likeness (QED) is 0.605. The Morgan fingerprint density at radius 3 is 2.90 bits per heavy atom. The van der Waals surface area contributed by atoms with E-state index in [2.05, 4.69) is 20.4 Å². The largest absolute Gasteiger partial charge is 0.497 e. The first-order chi connectivity index (χ1) is 10.3. The summed E-state index contributed by atoms with van der Waals surface area (Å²) in [4.78, 5) is 8.91. The van der Waals surface area contributed by atoms with Gasteiger partial charge in [-0.15, -0.1) is 0 Å². The van der Waals surface area contributed by atoms with Gasteiger partial charge in [0.1, 0.15) is 5.75 Å². The fourth-order valence-corrected chi connectivity index (χ4v) is 2.32. The molecule has 0 aliphatic carbocycles. The fourth-order valence-electron chi connectivity index (χ4n) is 2.32. The van der Waals surface area contributed by atoms with Crippen LogP contribution in [0.1, 0.15) is 0 Å². The first kappa shape index (κ1) is 11.8. The molecular weight excluding hydrogens is 266 g/mol. The average Bonchev–Trinajstić information content (AvgIpc) is 3.04. The lowest BCUT2D eigenvalue weighted by molar-refractivity contribution is 0.415. The Labute approximate surface area is 120 Å². The molecule has 0 bridgehead atoms. The molecule has 2 heterocycles. The average molecular weight is 279 g/mol. The molecule has 0 saturated carbocycles. The second-order valence-electron chi connectivity index (χ2n) is 4.67. The zero-order chi connectivity index (χ0) is 14.2. The van der Waals surface area contributed by atoms with Crippen LogP contribution >= 0.6 is 0 Å². The second kappa shape index (κ2) is 4.52. The van der Waals surface area contributed by atoms with Gasteiger partial charge in [-0.25, -0.2) is 9.50 Å². The smallest absolute Gasteiger partial charge is 0.253 e. The van der Waals surface area contributed by atoms with E-state index in [0.717, 1.165) is 22.5 Å². The summed E-state index contributed by atoms with van der Waals surface area (Å²) in [5, 5.41) is 6.41. The summed E-state index contributed by atoms with van der Waals surface area (Å²) < 4.78 is 7.06. The van der Waals surface area contributed by atoms with Gasteiger partial charge in [0.25, 0.3) is 5.78 Å². The number of aromatic amines is 1. The molecule has 4 aromatic rings. The van der Waals surface area contributed by atoms with Crippen molar-refractivity contribution in [3.05, 3.63) is 48.5 Å². The van der Waals surface area contributed by atoms with Crippen molar-refractivity contribution in [1.29, 1.82) is 0 Å². The van der Waals surface area contributed by atoms with E-state index in [1.165, 1.54) is 0 Å². The molecule has 2 N–H and O–H groups in total. The number of hydrogen-bond acceptors (Lipinski definition) is 4. The lowest BCUT2D eigenvalue weighted by atomic mass is 10.3. The molecule has 104 valence electrons. The summed E-state index contributed by atoms with van der Waals surface area (Å²) in [6.45, 7) is 0. The first-order valence-electron chi connectivity index (χ1n) is 6.58. The number of hydrogen-bond donors (Lipinski definition) is 2. The van der Waals surface area contributed by atoms with Crippen LogP contribution in [0, 0.1) is 0 Å². The third-order valence-electron chi connectivity index (χ3n) is 3.31. The summed E-state index contributed by atoms with van der Waals surface area (Å²) in [7, 11) is 1.65. The van der Waals surface area contributed by atoms with Crippen LogP contribution in [0.3, 0.4) is 0 Å². The molecular formula is C15H13N5O. The van der Waals surface area contributed by atoms with Crippen molar-refractivity contribution in [2.45, 2.75) is 0 Å². The number of rotatable bonds is 3. The van der Waals surface area contributed by atoms with E-state index < -0.39 is 0 Å². The normalized spacial score (nSPS) is 11.1. The van der Waals surface area contributed by atoms with Crippen molar-refractivity contribution in [2.75, 3.05) is 12.4 Å². The minimum atomic E-state index is 0.636. The number of imidazole rings is 1. The van der Waals surface area contributed by atoms with Gasteiger partial charge < -0.3 is 10.1 Å². The van der Waals surface area contributed by atoms with Crippen LogP contribution in [0.2, 0.25) is 0 Å². The molecule has 4 rings (SSSR count). The third-order valence-corrected chi connectivity index (χ3v) is 3.31. The van der Waals surface area contributed by atoms with Gasteiger partial charge >= 0.3 is 0 Å². The van der Waals surface area contributed by atoms with Crippen molar-refractivity contribution in [2.24, 2.45) is 0 Å². The zero-order valence-electron chi connectivity index (χ0n) is 11.4. The molecule has 0 saturated heterocycles. The van der Waals surface area contributed by atoms with Gasteiger partial charge in [0.2, 0.25) is 5.95 Å². The molecule has 0 atom stereocenters. The van der Waals surface area contributed by atoms with Crippen LogP contribution in [-0.2, 0) is 0 Å². The minimum absolute atomic E-state index is 0.636. The summed E-state index contributed by atoms with van der Waals surface area (Å²) >= 11 is 0. The van der Waals surface area contributed by atoms with E-state index >= 15 is 0 Å². The topological polar surface area (TPSA) is 67.2 Å². The lowest BCUT2D eigenvalue weighted by Crippen LogP contribution is -1.94. The monoisotopic (exact) mass is 279 g/mol. The molecule has 6 heteroatoms. The maximum Gasteiger partial charge on any atom is 0.253 e. The SMILES string of the molecule is COc1cccc(Nc2nc3nc4ccccc4n3[nH]2)c1. The minimum Gasteiger partial charge on any atom is -0.497 e. The molecule has 2 aromatic carbocycles. The van der Waals surface area contributed by atoms with Gasteiger partial charge in [0, 0.05) is 11.8 Å². The van der Waals surface area contributed by atoms with Crippen LogP contribution in [0.5, 0.6) is 5.75 Å². The van der Waals surface area contributed by atoms with Crippen LogP contribution in [-0.4, -0.2) is 26.7 Å². The Kier molecular flexibility index (Phi) is 2.53. The predicted molar refractivity (Wildman–Crippen MR) is 81.1 cm³/mol. The maximum absolute atomic E-state index is 5.21. The summed E-state index contributed by atoms with van der Waals surface area (Å²) in [6.07, 6.45) is 0. The van der Waals surface area contributed by atoms with Crippen LogP contribution in [0.15, 0.2) is 48.5 Å². The zero-order valence-corrected chi connectivity index (χ0v) is 11.4. The number of benzene rings is 2. The highest BCUT2D eigenvalue weighted by molar-refractivity contribution is 5.79. The number of para-hydroxylation sites is 2. The van der Waals surface area contributed by atoms with Crippen LogP contribution in [0.25, 0.3) is 16.8 Å². The highest BCUT2D eigenvalue weighted by Gasteiger charge is 2.09. The van der Waals surface area contributed by atoms with E-state index in [-0.39, 0.29) is 0 Å². The number of nitrogens with one attached hydrogen (secondary N) is 2. The Morgan fingerprint density at radius 2 is 2.00 bits per heavy atom. The molecule has 21 heavy (non-hydrogen) atoms. The van der Waals surface area contributed by atoms with E-state index in [4.69, 9.17) is 4.74 Å². The Morgan fingerprint density at radius 1 is 1.10 bits per heavy atom. The predicted octanol–water partition coefficient (Wildman–Crippen LogP) is 2.96. The van der Waals surface area contributed by atoms with Gasteiger partial charge in [-0.1, -0.05) is 18.2 Å². The molecule has 0 radical (unpaired) electrons. The van der Waals surface area contributed by atoms with E-state index in [1.54, 1.807) is 7.11 Å². The Balaban J connectivity index is 1.73.